The van der Waals surface area contributed by atoms with Gasteiger partial charge in [0, 0.05) is 69.3 Å². The van der Waals surface area contributed by atoms with Crippen molar-refractivity contribution in [2.75, 3.05) is 74.5 Å². The highest BCUT2D eigenvalue weighted by molar-refractivity contribution is 8.06. The molecular weight excluding hydrogens is 540 g/mol. The smallest absolute Gasteiger partial charge is 0.228 e. The van der Waals surface area contributed by atoms with Gasteiger partial charge < -0.3 is 15.4 Å². The molecule has 0 aliphatic carbocycles. The van der Waals surface area contributed by atoms with Crippen molar-refractivity contribution in [1.82, 2.24) is 29.1 Å². The SMILES string of the molecule is CS(=O)(=O)CS(=O)(=O)N1CCN(Cc2cc3nc(-c4cnc(N)nc4)nc(N4CCOCC4)c3s2)CC1. The van der Waals surface area contributed by atoms with E-state index >= 15 is 0 Å². The minimum Gasteiger partial charge on any atom is -0.378 e. The van der Waals surface area contributed by atoms with E-state index in [1.54, 1.807) is 23.7 Å². The Hall–Kier alpha value is -2.50. The zero-order chi connectivity index (χ0) is 26.2. The molecule has 200 valence electrons. The molecule has 2 N–H and O–H groups in total. The fourth-order valence-electron chi connectivity index (χ4n) is 4.35. The van der Waals surface area contributed by atoms with E-state index in [0.717, 1.165) is 40.3 Å². The van der Waals surface area contributed by atoms with E-state index in [1.807, 2.05) is 6.07 Å². The van der Waals surface area contributed by atoms with Crippen molar-refractivity contribution in [1.29, 1.82) is 0 Å². The van der Waals surface area contributed by atoms with Crippen LogP contribution in [0.3, 0.4) is 0 Å². The molecule has 37 heavy (non-hydrogen) atoms. The topological polar surface area (TPSA) is 165 Å². The lowest BCUT2D eigenvalue weighted by molar-refractivity contribution is 0.122. The predicted molar refractivity (Wildman–Crippen MR) is 141 cm³/mol. The number of sulfonamides is 1. The third-order valence-electron chi connectivity index (χ3n) is 6.11. The first-order valence-corrected chi connectivity index (χ1v) is 16.1. The van der Waals surface area contributed by atoms with Gasteiger partial charge in [0.2, 0.25) is 16.0 Å². The van der Waals surface area contributed by atoms with Crippen LogP contribution >= 0.6 is 11.3 Å². The first kappa shape index (κ1) is 26.1. The summed E-state index contributed by atoms with van der Waals surface area (Å²) in [4.78, 5) is 23.2. The van der Waals surface area contributed by atoms with Crippen molar-refractivity contribution >= 4 is 53.2 Å². The quantitative estimate of drug-likeness (QED) is 0.407. The van der Waals surface area contributed by atoms with E-state index in [9.17, 15) is 16.8 Å². The van der Waals surface area contributed by atoms with Crippen molar-refractivity contribution in [2.24, 2.45) is 0 Å². The molecule has 3 aromatic rings. The second-order valence-electron chi connectivity index (χ2n) is 9.06. The van der Waals surface area contributed by atoms with E-state index in [1.165, 1.54) is 4.31 Å². The number of sulfone groups is 1. The van der Waals surface area contributed by atoms with Gasteiger partial charge in [-0.05, 0) is 6.07 Å². The molecule has 0 spiro atoms. The fraction of sp³-hybridized carbons (Fsp3) is 0.524. The van der Waals surface area contributed by atoms with Gasteiger partial charge in [-0.2, -0.15) is 4.31 Å². The highest BCUT2D eigenvalue weighted by Gasteiger charge is 2.30. The summed E-state index contributed by atoms with van der Waals surface area (Å²) in [5, 5.41) is -0.860. The lowest BCUT2D eigenvalue weighted by Gasteiger charge is -2.33. The Morgan fingerprint density at radius 2 is 1.68 bits per heavy atom. The Morgan fingerprint density at radius 3 is 2.32 bits per heavy atom. The van der Waals surface area contributed by atoms with Crippen LogP contribution in [0.25, 0.3) is 21.6 Å². The number of ether oxygens (including phenoxy) is 1. The van der Waals surface area contributed by atoms with Gasteiger partial charge >= 0.3 is 0 Å². The highest BCUT2D eigenvalue weighted by Crippen LogP contribution is 2.35. The Kier molecular flexibility index (Phi) is 7.30. The minimum atomic E-state index is -3.84. The number of anilines is 2. The van der Waals surface area contributed by atoms with Crippen molar-refractivity contribution in [3.63, 3.8) is 0 Å². The van der Waals surface area contributed by atoms with Crippen LogP contribution in [0.2, 0.25) is 0 Å². The average molecular weight is 569 g/mol. The molecule has 2 aliphatic heterocycles. The molecule has 0 radical (unpaired) electrons. The summed E-state index contributed by atoms with van der Waals surface area (Å²) in [6.07, 6.45) is 4.15. The van der Waals surface area contributed by atoms with Gasteiger partial charge in [-0.3, -0.25) is 4.90 Å². The molecule has 2 saturated heterocycles. The molecule has 3 aromatic heterocycles. The maximum absolute atomic E-state index is 12.4. The minimum absolute atomic E-state index is 0.181. The molecular formula is C21H28N8O5S3. The number of morpholine rings is 1. The predicted octanol–water partition coefficient (Wildman–Crippen LogP) is 0.0166. The first-order valence-electron chi connectivity index (χ1n) is 11.7. The van der Waals surface area contributed by atoms with Crippen LogP contribution < -0.4 is 10.6 Å². The molecule has 2 fully saturated rings. The lowest BCUT2D eigenvalue weighted by atomic mass is 10.3. The van der Waals surface area contributed by atoms with Crippen molar-refractivity contribution in [2.45, 2.75) is 6.54 Å². The van der Waals surface area contributed by atoms with E-state index < -0.39 is 24.9 Å². The summed E-state index contributed by atoms with van der Waals surface area (Å²) < 4.78 is 55.6. The van der Waals surface area contributed by atoms with Crippen LogP contribution in [0, 0.1) is 0 Å². The van der Waals surface area contributed by atoms with Crippen molar-refractivity contribution in [3.05, 3.63) is 23.3 Å². The zero-order valence-electron chi connectivity index (χ0n) is 20.3. The molecule has 0 aromatic carbocycles. The Labute approximate surface area is 219 Å². The molecule has 0 bridgehead atoms. The second-order valence-corrected chi connectivity index (χ2v) is 14.7. The molecule has 0 saturated carbocycles. The number of nitrogen functional groups attached to an aromatic ring is 1. The normalized spacial score (nSPS) is 18.5. The largest absolute Gasteiger partial charge is 0.378 e. The van der Waals surface area contributed by atoms with Crippen molar-refractivity contribution < 1.29 is 21.6 Å². The number of piperazine rings is 1. The summed E-state index contributed by atoms with van der Waals surface area (Å²) in [7, 11) is -7.47. The molecule has 13 nitrogen and oxygen atoms in total. The maximum atomic E-state index is 12.4. The van der Waals surface area contributed by atoms with Gasteiger partial charge in [0.1, 0.15) is 0 Å². The second kappa shape index (κ2) is 10.3. The van der Waals surface area contributed by atoms with E-state index in [0.29, 0.717) is 44.2 Å². The third-order valence-corrected chi connectivity index (χ3v) is 11.3. The standard InChI is InChI=1S/C21H28N8O5S3/c1-36(30,31)14-37(32,33)29-4-2-27(3-5-29)13-16-10-17-18(35-16)20(28-6-8-34-9-7-28)26-19(25-17)15-11-23-21(22)24-12-15/h10-12H,2-9,13-14H2,1H3,(H2,22,23,24). The number of hydrogen-bond acceptors (Lipinski definition) is 13. The van der Waals surface area contributed by atoms with Crippen LogP contribution in [0.4, 0.5) is 11.8 Å². The number of rotatable bonds is 7. The summed E-state index contributed by atoms with van der Waals surface area (Å²) in [6.45, 7) is 4.84. The monoisotopic (exact) mass is 568 g/mol. The molecule has 0 amide bonds. The van der Waals surface area contributed by atoms with Crippen LogP contribution in [-0.2, 0) is 31.1 Å². The Morgan fingerprint density at radius 1 is 1.00 bits per heavy atom. The summed E-state index contributed by atoms with van der Waals surface area (Å²) in [5.74, 6) is 1.54. The Bertz CT molecular complexity index is 1480. The van der Waals surface area contributed by atoms with E-state index in [2.05, 4.69) is 19.8 Å². The van der Waals surface area contributed by atoms with E-state index in [-0.39, 0.29) is 19.0 Å². The lowest BCUT2D eigenvalue weighted by Crippen LogP contribution is -2.49. The molecule has 0 atom stereocenters. The van der Waals surface area contributed by atoms with Crippen LogP contribution in [-0.4, -0.2) is 110 Å². The Balaban J connectivity index is 1.37. The number of nitrogens with zero attached hydrogens (tertiary/aromatic N) is 7. The van der Waals surface area contributed by atoms with Gasteiger partial charge in [0.05, 0.1) is 29.0 Å². The summed E-state index contributed by atoms with van der Waals surface area (Å²) >= 11 is 1.62. The number of nitrogens with two attached hydrogens (primary N) is 1. The summed E-state index contributed by atoms with van der Waals surface area (Å²) in [6, 6.07) is 2.04. The van der Waals surface area contributed by atoms with Crippen LogP contribution in [0.5, 0.6) is 0 Å². The van der Waals surface area contributed by atoms with E-state index in [4.69, 9.17) is 20.4 Å². The van der Waals surface area contributed by atoms with Gasteiger partial charge in [-0.25, -0.2) is 36.8 Å². The molecule has 0 unspecified atom stereocenters. The number of hydrogen-bond donors (Lipinski definition) is 1. The van der Waals surface area contributed by atoms with Gasteiger partial charge in [0.15, 0.2) is 26.6 Å². The van der Waals surface area contributed by atoms with Gasteiger partial charge in [0.25, 0.3) is 0 Å². The average Bonchev–Trinajstić information content (AvgIpc) is 3.25. The molecule has 5 heterocycles. The molecule has 16 heteroatoms. The zero-order valence-corrected chi connectivity index (χ0v) is 22.7. The van der Waals surface area contributed by atoms with Gasteiger partial charge in [-0.1, -0.05) is 0 Å². The number of aromatic nitrogens is 4. The first-order chi connectivity index (χ1) is 17.6. The molecule has 5 rings (SSSR count). The highest BCUT2D eigenvalue weighted by atomic mass is 32.3. The van der Waals surface area contributed by atoms with Crippen LogP contribution in [0.1, 0.15) is 4.88 Å². The fourth-order valence-corrected chi connectivity index (χ4v) is 8.98. The third kappa shape index (κ3) is 6.15. The molecule has 2 aliphatic rings. The maximum Gasteiger partial charge on any atom is 0.228 e. The number of fused-ring (bicyclic) bond motifs is 1. The van der Waals surface area contributed by atoms with Crippen molar-refractivity contribution in [3.8, 4) is 11.4 Å². The number of thiophene rings is 1. The summed E-state index contributed by atoms with van der Waals surface area (Å²) in [5.41, 5.74) is 7.13. The van der Waals surface area contributed by atoms with Gasteiger partial charge in [-0.15, -0.1) is 11.3 Å². The van der Waals surface area contributed by atoms with Crippen LogP contribution in [0.15, 0.2) is 18.5 Å².